The zero-order valence-electron chi connectivity index (χ0n) is 11.3. The van der Waals surface area contributed by atoms with Crippen LogP contribution in [-0.4, -0.2) is 35.0 Å². The highest BCUT2D eigenvalue weighted by atomic mass is 79.9. The smallest absolute Gasteiger partial charge is 0.0471 e. The number of rotatable bonds is 3. The Balaban J connectivity index is 2.21. The molecule has 1 saturated heterocycles. The second-order valence-corrected chi connectivity index (χ2v) is 9.01. The Morgan fingerprint density at radius 1 is 1.37 bits per heavy atom. The van der Waals surface area contributed by atoms with E-state index >= 15 is 0 Å². The first-order chi connectivity index (χ1) is 8.93. The van der Waals surface area contributed by atoms with Crippen molar-refractivity contribution in [3.05, 3.63) is 32.7 Å². The zero-order valence-corrected chi connectivity index (χ0v) is 15.3. The minimum absolute atomic E-state index is 0.310. The molecule has 19 heavy (non-hydrogen) atoms. The third-order valence-electron chi connectivity index (χ3n) is 3.45. The van der Waals surface area contributed by atoms with Gasteiger partial charge >= 0.3 is 0 Å². The van der Waals surface area contributed by atoms with Gasteiger partial charge in [0, 0.05) is 45.1 Å². The van der Waals surface area contributed by atoms with E-state index in [1.165, 1.54) is 11.3 Å². The fourth-order valence-electron chi connectivity index (χ4n) is 2.53. The Morgan fingerprint density at radius 3 is 2.68 bits per heavy atom. The van der Waals surface area contributed by atoms with Gasteiger partial charge in [0.25, 0.3) is 0 Å². The molecule has 1 aliphatic rings. The van der Waals surface area contributed by atoms with Crippen LogP contribution in [0.15, 0.2) is 27.1 Å². The maximum Gasteiger partial charge on any atom is 0.0471 e. The van der Waals surface area contributed by atoms with E-state index in [0.29, 0.717) is 17.3 Å². The van der Waals surface area contributed by atoms with Gasteiger partial charge in [-0.2, -0.15) is 11.8 Å². The fraction of sp³-hybridized carbons (Fsp3) is 0.571. The van der Waals surface area contributed by atoms with E-state index in [-0.39, 0.29) is 0 Å². The van der Waals surface area contributed by atoms with Crippen LogP contribution >= 0.6 is 43.6 Å². The molecule has 0 spiro atoms. The molecule has 0 aliphatic carbocycles. The Morgan fingerprint density at radius 2 is 2.11 bits per heavy atom. The SMILES string of the molecule is CC1(C)CN(C(CN)c2ccc(Br)c(Br)c2)CCS1. The van der Waals surface area contributed by atoms with Crippen molar-refractivity contribution >= 4 is 43.6 Å². The summed E-state index contributed by atoms with van der Waals surface area (Å²) >= 11 is 9.15. The number of hydrogen-bond donors (Lipinski definition) is 1. The predicted molar refractivity (Wildman–Crippen MR) is 91.7 cm³/mol. The molecule has 2 N–H and O–H groups in total. The second kappa shape index (κ2) is 6.48. The largest absolute Gasteiger partial charge is 0.329 e. The summed E-state index contributed by atoms with van der Waals surface area (Å²) in [6, 6.07) is 6.74. The number of nitrogens with zero attached hydrogens (tertiary/aromatic N) is 1. The molecule has 1 aromatic rings. The lowest BCUT2D eigenvalue weighted by Gasteiger charge is -2.41. The Bertz CT molecular complexity index is 451. The van der Waals surface area contributed by atoms with E-state index in [4.69, 9.17) is 5.73 Å². The van der Waals surface area contributed by atoms with Gasteiger partial charge in [0.05, 0.1) is 0 Å². The molecule has 1 unspecified atom stereocenters. The highest BCUT2D eigenvalue weighted by molar-refractivity contribution is 9.13. The average molecular weight is 408 g/mol. The molecule has 0 aromatic heterocycles. The van der Waals surface area contributed by atoms with Crippen LogP contribution in [0.1, 0.15) is 25.5 Å². The van der Waals surface area contributed by atoms with E-state index in [9.17, 15) is 0 Å². The summed E-state index contributed by atoms with van der Waals surface area (Å²) in [6.45, 7) is 7.50. The van der Waals surface area contributed by atoms with Crippen LogP contribution in [-0.2, 0) is 0 Å². The molecule has 1 atom stereocenters. The first-order valence-electron chi connectivity index (χ1n) is 6.46. The highest BCUT2D eigenvalue weighted by Gasteiger charge is 2.31. The standard InChI is InChI=1S/C14H20Br2N2S/c1-14(2)9-18(5-6-19-14)13(8-17)10-3-4-11(15)12(16)7-10/h3-4,7,13H,5-6,8-9,17H2,1-2H3. The summed E-state index contributed by atoms with van der Waals surface area (Å²) < 4.78 is 2.49. The molecule has 1 fully saturated rings. The molecule has 1 aliphatic heterocycles. The van der Waals surface area contributed by atoms with E-state index in [2.05, 4.69) is 80.6 Å². The van der Waals surface area contributed by atoms with Crippen molar-refractivity contribution < 1.29 is 0 Å². The zero-order chi connectivity index (χ0) is 14.0. The van der Waals surface area contributed by atoms with Crippen LogP contribution in [0.5, 0.6) is 0 Å². The van der Waals surface area contributed by atoms with Crippen molar-refractivity contribution in [1.82, 2.24) is 4.90 Å². The molecule has 1 aromatic carbocycles. The van der Waals surface area contributed by atoms with E-state index < -0.39 is 0 Å². The summed E-state index contributed by atoms with van der Waals surface area (Å²) in [5.74, 6) is 1.18. The van der Waals surface area contributed by atoms with Gasteiger partial charge in [-0.3, -0.25) is 4.90 Å². The number of benzene rings is 1. The summed E-state index contributed by atoms with van der Waals surface area (Å²) in [5, 5.41) is 0. The minimum Gasteiger partial charge on any atom is -0.329 e. The second-order valence-electron chi connectivity index (χ2n) is 5.50. The number of halogens is 2. The van der Waals surface area contributed by atoms with Crippen LogP contribution in [0.2, 0.25) is 0 Å². The summed E-state index contributed by atoms with van der Waals surface area (Å²) in [6.07, 6.45) is 0. The molecule has 2 nitrogen and oxygen atoms in total. The van der Waals surface area contributed by atoms with Gasteiger partial charge < -0.3 is 5.73 Å². The number of thioether (sulfide) groups is 1. The molecule has 5 heteroatoms. The van der Waals surface area contributed by atoms with Gasteiger partial charge in [0.2, 0.25) is 0 Å². The van der Waals surface area contributed by atoms with Crippen LogP contribution in [0.3, 0.4) is 0 Å². The normalized spacial score (nSPS) is 21.3. The predicted octanol–water partition coefficient (Wildman–Crippen LogP) is 4.04. The first-order valence-corrected chi connectivity index (χ1v) is 9.03. The molecule has 1 heterocycles. The van der Waals surface area contributed by atoms with Gasteiger partial charge in [0.15, 0.2) is 0 Å². The Kier molecular flexibility index (Phi) is 5.40. The average Bonchev–Trinajstić information content (AvgIpc) is 2.33. The van der Waals surface area contributed by atoms with Gasteiger partial charge in [-0.25, -0.2) is 0 Å². The van der Waals surface area contributed by atoms with Gasteiger partial charge in [0.1, 0.15) is 0 Å². The van der Waals surface area contributed by atoms with Crippen molar-refractivity contribution in [3.8, 4) is 0 Å². The minimum atomic E-state index is 0.310. The molecular formula is C14H20Br2N2S. The van der Waals surface area contributed by atoms with E-state index in [1.807, 2.05) is 0 Å². The summed E-state index contributed by atoms with van der Waals surface area (Å²) in [4.78, 5) is 2.52. The van der Waals surface area contributed by atoms with Crippen molar-refractivity contribution in [2.24, 2.45) is 5.73 Å². The van der Waals surface area contributed by atoms with Gasteiger partial charge in [-0.05, 0) is 63.4 Å². The highest BCUT2D eigenvalue weighted by Crippen LogP contribution is 2.35. The lowest BCUT2D eigenvalue weighted by molar-refractivity contribution is 0.192. The first kappa shape index (κ1) is 15.8. The van der Waals surface area contributed by atoms with Gasteiger partial charge in [-0.1, -0.05) is 6.07 Å². The third kappa shape index (κ3) is 3.97. The van der Waals surface area contributed by atoms with Crippen molar-refractivity contribution in [1.29, 1.82) is 0 Å². The lowest BCUT2D eigenvalue weighted by atomic mass is 10.0. The van der Waals surface area contributed by atoms with Crippen LogP contribution in [0.25, 0.3) is 0 Å². The van der Waals surface area contributed by atoms with Crippen molar-refractivity contribution in [2.45, 2.75) is 24.6 Å². The lowest BCUT2D eigenvalue weighted by Crippen LogP contribution is -2.46. The molecule has 0 radical (unpaired) electrons. The van der Waals surface area contributed by atoms with Gasteiger partial charge in [-0.15, -0.1) is 0 Å². The number of hydrogen-bond acceptors (Lipinski definition) is 3. The quantitative estimate of drug-likeness (QED) is 0.819. The van der Waals surface area contributed by atoms with Crippen LogP contribution in [0, 0.1) is 0 Å². The topological polar surface area (TPSA) is 29.3 Å². The number of nitrogens with two attached hydrogens (primary N) is 1. The van der Waals surface area contributed by atoms with Crippen LogP contribution < -0.4 is 5.73 Å². The molecule has 0 amide bonds. The molecule has 0 saturated carbocycles. The summed E-state index contributed by atoms with van der Waals surface area (Å²) in [7, 11) is 0. The maximum atomic E-state index is 6.04. The molecule has 2 rings (SSSR count). The molecule has 0 bridgehead atoms. The summed E-state index contributed by atoms with van der Waals surface area (Å²) in [5.41, 5.74) is 7.33. The van der Waals surface area contributed by atoms with E-state index in [0.717, 1.165) is 22.0 Å². The third-order valence-corrected chi connectivity index (χ3v) is 6.62. The molecular weight excluding hydrogens is 388 g/mol. The van der Waals surface area contributed by atoms with Crippen molar-refractivity contribution in [2.75, 3.05) is 25.4 Å². The Labute approximate surface area is 136 Å². The fourth-order valence-corrected chi connectivity index (χ4v) is 4.31. The molecule has 106 valence electrons. The Hall–Kier alpha value is 0.450. The van der Waals surface area contributed by atoms with Crippen molar-refractivity contribution in [3.63, 3.8) is 0 Å². The van der Waals surface area contributed by atoms with Crippen LogP contribution in [0.4, 0.5) is 0 Å². The maximum absolute atomic E-state index is 6.04. The van der Waals surface area contributed by atoms with E-state index in [1.54, 1.807) is 0 Å². The monoisotopic (exact) mass is 406 g/mol.